The van der Waals surface area contributed by atoms with Gasteiger partial charge in [0.25, 0.3) is 0 Å². The number of fused-ring (bicyclic) bond motifs is 1. The number of hydrogen-bond acceptors (Lipinski definition) is 4. The quantitative estimate of drug-likeness (QED) is 0.739. The third-order valence-electron chi connectivity index (χ3n) is 4.29. The van der Waals surface area contributed by atoms with E-state index in [1.54, 1.807) is 0 Å². The molecule has 0 aromatic heterocycles. The Hall–Kier alpha value is -2.58. The van der Waals surface area contributed by atoms with Crippen LogP contribution in [0, 0.1) is 5.82 Å². The third-order valence-corrected chi connectivity index (χ3v) is 5.46. The Kier molecular flexibility index (Phi) is 6.89. The molecule has 0 unspecified atom stereocenters. The summed E-state index contributed by atoms with van der Waals surface area (Å²) < 4.78 is 30.6. The van der Waals surface area contributed by atoms with E-state index < -0.39 is 28.4 Å². The van der Waals surface area contributed by atoms with Crippen molar-refractivity contribution in [1.29, 1.82) is 0 Å². The van der Waals surface area contributed by atoms with Crippen LogP contribution < -0.4 is 10.6 Å². The zero-order valence-corrected chi connectivity index (χ0v) is 16.0. The summed E-state index contributed by atoms with van der Waals surface area (Å²) in [4.78, 5) is 23.9. The van der Waals surface area contributed by atoms with Gasteiger partial charge in [-0.25, -0.2) is 4.39 Å². The zero-order valence-electron chi connectivity index (χ0n) is 15.2. The molecule has 0 aliphatic carbocycles. The standard InChI is InChI=1S/C20H21FN2O4S/c21-15-5-7-16(8-6-15)23-20(25)13-28(26)12-19(24)22-11-18-17-4-2-1-3-14(17)9-10-27-18/h1-8,18H,9-13H2,(H,22,24)(H,23,25)/t18-,28-/m1/s1. The maximum atomic E-state index is 12.9. The fourth-order valence-electron chi connectivity index (χ4n) is 2.98. The average Bonchev–Trinajstić information content (AvgIpc) is 2.68. The van der Waals surface area contributed by atoms with Crippen LogP contribution in [0.15, 0.2) is 48.5 Å². The average molecular weight is 404 g/mol. The molecule has 2 atom stereocenters. The highest BCUT2D eigenvalue weighted by Crippen LogP contribution is 2.26. The van der Waals surface area contributed by atoms with Crippen LogP contribution >= 0.6 is 0 Å². The van der Waals surface area contributed by atoms with Crippen LogP contribution in [0.4, 0.5) is 10.1 Å². The van der Waals surface area contributed by atoms with Gasteiger partial charge in [0.1, 0.15) is 23.4 Å². The van der Waals surface area contributed by atoms with Crippen molar-refractivity contribution >= 4 is 28.3 Å². The Morgan fingerprint density at radius 3 is 2.57 bits per heavy atom. The smallest absolute Gasteiger partial charge is 0.237 e. The topological polar surface area (TPSA) is 84.5 Å². The van der Waals surface area contributed by atoms with E-state index in [0.29, 0.717) is 12.3 Å². The predicted molar refractivity (Wildman–Crippen MR) is 105 cm³/mol. The number of amides is 2. The molecule has 8 heteroatoms. The molecule has 0 saturated carbocycles. The van der Waals surface area contributed by atoms with Gasteiger partial charge in [0.05, 0.1) is 6.61 Å². The predicted octanol–water partition coefficient (Wildman–Crippen LogP) is 1.94. The summed E-state index contributed by atoms with van der Waals surface area (Å²) in [6, 6.07) is 13.2. The van der Waals surface area contributed by atoms with Crippen molar-refractivity contribution in [2.45, 2.75) is 12.5 Å². The number of hydrogen-bond donors (Lipinski definition) is 2. The summed E-state index contributed by atoms with van der Waals surface area (Å²) >= 11 is 0. The lowest BCUT2D eigenvalue weighted by Crippen LogP contribution is -2.35. The molecular formula is C20H21FN2O4S. The number of nitrogens with one attached hydrogen (secondary N) is 2. The zero-order chi connectivity index (χ0) is 19.9. The van der Waals surface area contributed by atoms with Gasteiger partial charge in [-0.3, -0.25) is 13.8 Å². The first-order chi connectivity index (χ1) is 13.5. The minimum atomic E-state index is -1.65. The monoisotopic (exact) mass is 404 g/mol. The lowest BCUT2D eigenvalue weighted by molar-refractivity contribution is -0.119. The Bertz CT molecular complexity index is 873. The number of rotatable bonds is 7. The van der Waals surface area contributed by atoms with Crippen molar-refractivity contribution in [2.24, 2.45) is 0 Å². The molecule has 148 valence electrons. The summed E-state index contributed by atoms with van der Waals surface area (Å²) in [5, 5.41) is 5.24. The van der Waals surface area contributed by atoms with Gasteiger partial charge < -0.3 is 15.4 Å². The molecule has 2 aromatic rings. The SMILES string of the molecule is O=C(C[S@@](=O)CC(=O)Nc1ccc(F)cc1)NC[C@H]1OCCc2ccccc21. The summed E-state index contributed by atoms with van der Waals surface area (Å²) in [6.45, 7) is 0.877. The molecule has 0 bridgehead atoms. The molecule has 1 heterocycles. The van der Waals surface area contributed by atoms with E-state index in [9.17, 15) is 18.2 Å². The van der Waals surface area contributed by atoms with Crippen molar-refractivity contribution in [3.05, 3.63) is 65.5 Å². The fraction of sp³-hybridized carbons (Fsp3) is 0.300. The first kappa shape index (κ1) is 20.2. The van der Waals surface area contributed by atoms with E-state index in [1.165, 1.54) is 29.8 Å². The maximum absolute atomic E-state index is 12.9. The molecule has 1 aliphatic heterocycles. The second-order valence-corrected chi connectivity index (χ2v) is 7.85. The Balaban J connectivity index is 1.43. The summed E-state index contributed by atoms with van der Waals surface area (Å²) in [5.74, 6) is -1.90. The first-order valence-corrected chi connectivity index (χ1v) is 10.4. The minimum Gasteiger partial charge on any atom is -0.371 e. The van der Waals surface area contributed by atoms with Crippen LogP contribution in [0.3, 0.4) is 0 Å². The number of benzene rings is 2. The van der Waals surface area contributed by atoms with Gasteiger partial charge >= 0.3 is 0 Å². The van der Waals surface area contributed by atoms with E-state index in [4.69, 9.17) is 4.74 Å². The fourth-order valence-corrected chi connectivity index (χ4v) is 3.84. The highest BCUT2D eigenvalue weighted by Gasteiger charge is 2.21. The number of carbonyl (C=O) groups excluding carboxylic acids is 2. The van der Waals surface area contributed by atoms with Gasteiger partial charge in [-0.1, -0.05) is 24.3 Å². The maximum Gasteiger partial charge on any atom is 0.237 e. The Labute approximate surface area is 164 Å². The molecule has 0 saturated heterocycles. The molecule has 0 fully saturated rings. The Morgan fingerprint density at radius 1 is 1.07 bits per heavy atom. The van der Waals surface area contributed by atoms with Crippen molar-refractivity contribution < 1.29 is 22.9 Å². The molecule has 2 N–H and O–H groups in total. The molecule has 2 amide bonds. The van der Waals surface area contributed by atoms with Gasteiger partial charge in [0.2, 0.25) is 11.8 Å². The van der Waals surface area contributed by atoms with Crippen LogP contribution in [-0.4, -0.2) is 40.7 Å². The van der Waals surface area contributed by atoms with E-state index in [2.05, 4.69) is 10.6 Å². The van der Waals surface area contributed by atoms with Gasteiger partial charge in [-0.05, 0) is 41.8 Å². The number of carbonyl (C=O) groups is 2. The molecular weight excluding hydrogens is 383 g/mol. The Morgan fingerprint density at radius 2 is 1.79 bits per heavy atom. The van der Waals surface area contributed by atoms with Crippen molar-refractivity contribution in [3.8, 4) is 0 Å². The van der Waals surface area contributed by atoms with Crippen molar-refractivity contribution in [2.75, 3.05) is 30.0 Å². The number of halogens is 1. The largest absolute Gasteiger partial charge is 0.371 e. The van der Waals surface area contributed by atoms with Crippen molar-refractivity contribution in [1.82, 2.24) is 5.32 Å². The normalized spacial score (nSPS) is 16.7. The van der Waals surface area contributed by atoms with Gasteiger partial charge in [-0.15, -0.1) is 0 Å². The molecule has 1 aliphatic rings. The number of ether oxygens (including phenoxy) is 1. The molecule has 0 radical (unpaired) electrons. The highest BCUT2D eigenvalue weighted by atomic mass is 32.2. The minimum absolute atomic E-state index is 0.232. The van der Waals surface area contributed by atoms with Crippen LogP contribution in [0.2, 0.25) is 0 Å². The highest BCUT2D eigenvalue weighted by molar-refractivity contribution is 7.86. The number of anilines is 1. The second-order valence-electron chi connectivity index (χ2n) is 6.40. The molecule has 0 spiro atoms. The second kappa shape index (κ2) is 9.57. The van der Waals surface area contributed by atoms with E-state index in [1.807, 2.05) is 24.3 Å². The molecule has 6 nitrogen and oxygen atoms in total. The lowest BCUT2D eigenvalue weighted by Gasteiger charge is -2.26. The van der Waals surface area contributed by atoms with Gasteiger partial charge in [0.15, 0.2) is 0 Å². The van der Waals surface area contributed by atoms with E-state index in [0.717, 1.165) is 12.0 Å². The van der Waals surface area contributed by atoms with Crippen LogP contribution in [-0.2, 0) is 31.5 Å². The van der Waals surface area contributed by atoms with Crippen LogP contribution in [0.1, 0.15) is 17.2 Å². The van der Waals surface area contributed by atoms with Gasteiger partial charge in [0, 0.05) is 23.0 Å². The summed E-state index contributed by atoms with van der Waals surface area (Å²) in [6.07, 6.45) is 0.609. The molecule has 28 heavy (non-hydrogen) atoms. The first-order valence-electron chi connectivity index (χ1n) is 8.88. The van der Waals surface area contributed by atoms with E-state index in [-0.39, 0.29) is 24.2 Å². The van der Waals surface area contributed by atoms with E-state index >= 15 is 0 Å². The third kappa shape index (κ3) is 5.71. The summed E-state index contributed by atoms with van der Waals surface area (Å²) in [7, 11) is -1.65. The lowest BCUT2D eigenvalue weighted by atomic mass is 9.97. The molecule has 3 rings (SSSR count). The van der Waals surface area contributed by atoms with Crippen LogP contribution in [0.25, 0.3) is 0 Å². The van der Waals surface area contributed by atoms with Crippen LogP contribution in [0.5, 0.6) is 0 Å². The summed E-state index contributed by atoms with van der Waals surface area (Å²) in [5.41, 5.74) is 2.66. The van der Waals surface area contributed by atoms with Gasteiger partial charge in [-0.2, -0.15) is 0 Å². The molecule has 2 aromatic carbocycles. The van der Waals surface area contributed by atoms with Crippen molar-refractivity contribution in [3.63, 3.8) is 0 Å².